The van der Waals surface area contributed by atoms with Crippen LogP contribution in [-0.4, -0.2) is 31.4 Å². The minimum atomic E-state index is -0.374. The predicted octanol–water partition coefficient (Wildman–Crippen LogP) is 2.63. The number of pyridine rings is 1. The van der Waals surface area contributed by atoms with Gasteiger partial charge in [-0.1, -0.05) is 23.5 Å². The standard InChI is InChI=1S/C19H16N6O2S/c1-11(22-23-17(26)13-7-9-20-10-8-13)16-12(2)24-25(18(16)27)19-21-14-5-3-4-6-15(14)28-19/h3-10,24H,1-2H3,(H,23,26). The van der Waals surface area contributed by atoms with E-state index < -0.39 is 0 Å². The summed E-state index contributed by atoms with van der Waals surface area (Å²) in [4.78, 5) is 33.4. The lowest BCUT2D eigenvalue weighted by Gasteiger charge is -2.01. The monoisotopic (exact) mass is 392 g/mol. The molecule has 3 aromatic heterocycles. The second-order valence-corrected chi connectivity index (χ2v) is 7.10. The van der Waals surface area contributed by atoms with Gasteiger partial charge in [0.05, 0.1) is 21.5 Å². The Hall–Kier alpha value is -3.59. The molecule has 140 valence electrons. The third-order valence-corrected chi connectivity index (χ3v) is 5.20. The number of thiazole rings is 1. The predicted molar refractivity (Wildman–Crippen MR) is 108 cm³/mol. The molecular weight excluding hydrogens is 376 g/mol. The number of nitrogens with one attached hydrogen (secondary N) is 2. The largest absolute Gasteiger partial charge is 0.293 e. The summed E-state index contributed by atoms with van der Waals surface area (Å²) in [6.45, 7) is 3.46. The van der Waals surface area contributed by atoms with Crippen molar-refractivity contribution < 1.29 is 4.79 Å². The molecule has 0 aliphatic carbocycles. The number of para-hydroxylation sites is 1. The second kappa shape index (κ2) is 7.20. The Bertz CT molecular complexity index is 1220. The highest BCUT2D eigenvalue weighted by molar-refractivity contribution is 7.20. The highest BCUT2D eigenvalue weighted by atomic mass is 32.1. The van der Waals surface area contributed by atoms with Crippen molar-refractivity contribution in [3.8, 4) is 5.13 Å². The first-order valence-electron chi connectivity index (χ1n) is 8.47. The first-order valence-corrected chi connectivity index (χ1v) is 9.29. The van der Waals surface area contributed by atoms with Gasteiger partial charge in [0.1, 0.15) is 0 Å². The van der Waals surface area contributed by atoms with E-state index in [1.807, 2.05) is 24.3 Å². The highest BCUT2D eigenvalue weighted by Crippen LogP contribution is 2.23. The number of fused-ring (bicyclic) bond motifs is 1. The quantitative estimate of drug-likeness (QED) is 0.411. The fraction of sp³-hybridized carbons (Fsp3) is 0.105. The second-order valence-electron chi connectivity index (χ2n) is 6.09. The molecule has 1 aromatic carbocycles. The van der Waals surface area contributed by atoms with Crippen LogP contribution < -0.4 is 11.0 Å². The van der Waals surface area contributed by atoms with Gasteiger partial charge in [-0.15, -0.1) is 0 Å². The molecule has 2 N–H and O–H groups in total. The van der Waals surface area contributed by atoms with Crippen LogP contribution in [0.3, 0.4) is 0 Å². The molecule has 4 aromatic rings. The maximum absolute atomic E-state index is 12.9. The van der Waals surface area contributed by atoms with Crippen LogP contribution in [0.2, 0.25) is 0 Å². The molecule has 8 nitrogen and oxygen atoms in total. The number of amides is 1. The highest BCUT2D eigenvalue weighted by Gasteiger charge is 2.17. The van der Waals surface area contributed by atoms with Gasteiger partial charge in [-0.25, -0.2) is 10.4 Å². The van der Waals surface area contributed by atoms with Gasteiger partial charge in [-0.05, 0) is 38.1 Å². The van der Waals surface area contributed by atoms with Crippen LogP contribution in [0, 0.1) is 6.92 Å². The smallest absolute Gasteiger partial charge is 0.282 e. The van der Waals surface area contributed by atoms with Crippen molar-refractivity contribution in [1.29, 1.82) is 0 Å². The molecule has 0 bridgehead atoms. The fourth-order valence-corrected chi connectivity index (χ4v) is 3.75. The average molecular weight is 392 g/mol. The van der Waals surface area contributed by atoms with Gasteiger partial charge in [0.25, 0.3) is 11.5 Å². The Kier molecular flexibility index (Phi) is 4.58. The summed E-state index contributed by atoms with van der Waals surface area (Å²) in [5.74, 6) is -0.374. The third-order valence-electron chi connectivity index (χ3n) is 4.17. The van der Waals surface area contributed by atoms with E-state index in [0.717, 1.165) is 10.2 Å². The zero-order valence-electron chi connectivity index (χ0n) is 15.1. The Morgan fingerprint density at radius 3 is 2.71 bits per heavy atom. The van der Waals surface area contributed by atoms with Crippen LogP contribution in [0.5, 0.6) is 0 Å². The molecule has 0 atom stereocenters. The van der Waals surface area contributed by atoms with Gasteiger partial charge in [-0.3, -0.25) is 19.7 Å². The summed E-state index contributed by atoms with van der Waals surface area (Å²) >= 11 is 1.42. The van der Waals surface area contributed by atoms with Crippen LogP contribution in [0.25, 0.3) is 15.3 Å². The molecule has 9 heteroatoms. The number of nitrogens with zero attached hydrogens (tertiary/aromatic N) is 4. The van der Waals surface area contributed by atoms with Crippen LogP contribution in [-0.2, 0) is 0 Å². The molecule has 0 unspecified atom stereocenters. The van der Waals surface area contributed by atoms with Crippen molar-refractivity contribution in [2.45, 2.75) is 13.8 Å². The van der Waals surface area contributed by atoms with Crippen LogP contribution in [0.1, 0.15) is 28.5 Å². The number of aromatic amines is 1. The Morgan fingerprint density at radius 1 is 1.21 bits per heavy atom. The summed E-state index contributed by atoms with van der Waals surface area (Å²) < 4.78 is 2.40. The van der Waals surface area contributed by atoms with Gasteiger partial charge in [-0.2, -0.15) is 9.78 Å². The topological polar surface area (TPSA) is 105 Å². The number of carbonyl (C=O) groups is 1. The molecule has 4 rings (SSSR count). The Labute approximate surface area is 163 Å². The molecule has 0 aliphatic heterocycles. The molecule has 1 amide bonds. The normalized spacial score (nSPS) is 11.7. The van der Waals surface area contributed by atoms with Crippen molar-refractivity contribution in [3.63, 3.8) is 0 Å². The van der Waals surface area contributed by atoms with E-state index in [2.05, 4.69) is 25.6 Å². The molecule has 28 heavy (non-hydrogen) atoms. The van der Waals surface area contributed by atoms with Gasteiger partial charge in [0.2, 0.25) is 5.13 Å². The number of hydrazone groups is 1. The van der Waals surface area contributed by atoms with Crippen LogP contribution in [0.15, 0.2) is 58.7 Å². The first-order chi connectivity index (χ1) is 13.5. The zero-order valence-corrected chi connectivity index (χ0v) is 15.9. The van der Waals surface area contributed by atoms with Crippen molar-refractivity contribution in [3.05, 3.63) is 76.0 Å². The average Bonchev–Trinajstić information content (AvgIpc) is 3.27. The van der Waals surface area contributed by atoms with Gasteiger partial charge >= 0.3 is 0 Å². The summed E-state index contributed by atoms with van der Waals surface area (Å²) in [7, 11) is 0. The van der Waals surface area contributed by atoms with E-state index in [0.29, 0.717) is 27.7 Å². The maximum atomic E-state index is 12.9. The summed E-state index contributed by atoms with van der Waals surface area (Å²) in [6.07, 6.45) is 3.05. The number of hydrogen-bond acceptors (Lipinski definition) is 6. The van der Waals surface area contributed by atoms with E-state index in [9.17, 15) is 9.59 Å². The lowest BCUT2D eigenvalue weighted by atomic mass is 10.2. The third kappa shape index (κ3) is 3.23. The molecule has 0 saturated heterocycles. The number of rotatable bonds is 4. The minimum absolute atomic E-state index is 0.268. The zero-order chi connectivity index (χ0) is 19.7. The van der Waals surface area contributed by atoms with Crippen molar-refractivity contribution in [2.24, 2.45) is 5.10 Å². The van der Waals surface area contributed by atoms with E-state index in [1.165, 1.54) is 28.4 Å². The first kappa shape index (κ1) is 17.8. The summed E-state index contributed by atoms with van der Waals surface area (Å²) in [5.41, 5.74) is 4.91. The Balaban J connectivity index is 1.65. The van der Waals surface area contributed by atoms with Crippen molar-refractivity contribution in [2.75, 3.05) is 0 Å². The van der Waals surface area contributed by atoms with E-state index in [4.69, 9.17) is 0 Å². The molecule has 0 spiro atoms. The summed E-state index contributed by atoms with van der Waals surface area (Å²) in [6, 6.07) is 10.9. The SMILES string of the molecule is CC(=NNC(=O)c1ccncc1)c1c(C)[nH]n(-c2nc3ccccc3s2)c1=O. The lowest BCUT2D eigenvalue weighted by molar-refractivity contribution is 0.0954. The molecule has 0 aliphatic rings. The molecule has 0 fully saturated rings. The number of hydrogen-bond donors (Lipinski definition) is 2. The number of aromatic nitrogens is 4. The van der Waals surface area contributed by atoms with Crippen LogP contribution in [0.4, 0.5) is 0 Å². The molecule has 0 radical (unpaired) electrons. The fourth-order valence-electron chi connectivity index (χ4n) is 2.82. The van der Waals surface area contributed by atoms with E-state index in [1.54, 1.807) is 26.0 Å². The Morgan fingerprint density at radius 2 is 1.96 bits per heavy atom. The van der Waals surface area contributed by atoms with Gasteiger partial charge < -0.3 is 0 Å². The van der Waals surface area contributed by atoms with Gasteiger partial charge in [0.15, 0.2) is 0 Å². The number of aryl methyl sites for hydroxylation is 1. The van der Waals surface area contributed by atoms with E-state index >= 15 is 0 Å². The van der Waals surface area contributed by atoms with E-state index in [-0.39, 0.29) is 11.5 Å². The lowest BCUT2D eigenvalue weighted by Crippen LogP contribution is -2.23. The maximum Gasteiger partial charge on any atom is 0.282 e. The molecule has 0 saturated carbocycles. The number of benzene rings is 1. The molecular formula is C19H16N6O2S. The van der Waals surface area contributed by atoms with Crippen LogP contribution >= 0.6 is 11.3 Å². The van der Waals surface area contributed by atoms with Crippen molar-refractivity contribution in [1.82, 2.24) is 25.2 Å². The van der Waals surface area contributed by atoms with Gasteiger partial charge in [0, 0.05) is 23.7 Å². The van der Waals surface area contributed by atoms with Crippen molar-refractivity contribution >= 4 is 33.2 Å². The number of H-pyrrole nitrogens is 1. The molecule has 3 heterocycles. The number of carbonyl (C=O) groups excluding carboxylic acids is 1. The minimum Gasteiger partial charge on any atom is -0.293 e. The summed E-state index contributed by atoms with van der Waals surface area (Å²) in [5, 5.41) is 7.68.